The molecule has 0 aliphatic carbocycles. The number of ether oxygens (including phenoxy) is 2. The Kier molecular flexibility index (Phi) is 4.50. The topological polar surface area (TPSA) is 73.3 Å². The van der Waals surface area contributed by atoms with Crippen molar-refractivity contribution < 1.29 is 14.3 Å². The molecule has 1 N–H and O–H groups in total. The largest absolute Gasteiger partial charge is 0.444 e. The number of nitrogens with one attached hydrogen (secondary N) is 1. The molecule has 7 heteroatoms. The number of pyridine rings is 1. The number of fused-ring (bicyclic) bond motifs is 1. The van der Waals surface area contributed by atoms with E-state index in [-0.39, 0.29) is 0 Å². The van der Waals surface area contributed by atoms with E-state index < -0.39 is 11.7 Å². The molecule has 1 aliphatic heterocycles. The standard InChI is InChI=1S/C16H21N3O3S/c1-16(2,3)22-15(20)19-14-18-12-5-4-11(17-13(12)23-14)10-6-8-21-9-7-10/h4-5,10H,6-9H2,1-3H3,(H,18,19,20). The minimum absolute atomic E-state index is 0.442. The second kappa shape index (κ2) is 6.41. The zero-order chi connectivity index (χ0) is 16.4. The lowest BCUT2D eigenvalue weighted by Gasteiger charge is -2.21. The minimum Gasteiger partial charge on any atom is -0.444 e. The summed E-state index contributed by atoms with van der Waals surface area (Å²) in [6.45, 7) is 7.06. The van der Waals surface area contributed by atoms with Gasteiger partial charge < -0.3 is 9.47 Å². The first-order valence-corrected chi connectivity index (χ1v) is 8.57. The number of hydrogen-bond donors (Lipinski definition) is 1. The van der Waals surface area contributed by atoms with E-state index in [0.717, 1.165) is 42.1 Å². The van der Waals surface area contributed by atoms with E-state index in [1.54, 1.807) is 0 Å². The van der Waals surface area contributed by atoms with Crippen LogP contribution < -0.4 is 5.32 Å². The third-order valence-electron chi connectivity index (χ3n) is 3.52. The molecule has 0 spiro atoms. The monoisotopic (exact) mass is 335 g/mol. The fourth-order valence-electron chi connectivity index (χ4n) is 2.50. The molecule has 1 amide bonds. The van der Waals surface area contributed by atoms with Crippen molar-refractivity contribution in [2.45, 2.75) is 45.1 Å². The van der Waals surface area contributed by atoms with Gasteiger partial charge in [-0.05, 0) is 45.7 Å². The third-order valence-corrected chi connectivity index (χ3v) is 4.41. The summed E-state index contributed by atoms with van der Waals surface area (Å²) < 4.78 is 10.6. The smallest absolute Gasteiger partial charge is 0.413 e. The SMILES string of the molecule is CC(C)(C)OC(=O)Nc1nc2ccc(C3CCOCC3)nc2s1. The molecule has 1 fully saturated rings. The molecule has 2 aromatic rings. The van der Waals surface area contributed by atoms with Crippen molar-refractivity contribution in [2.24, 2.45) is 0 Å². The summed E-state index contributed by atoms with van der Waals surface area (Å²) in [5, 5.41) is 3.18. The van der Waals surface area contributed by atoms with Gasteiger partial charge in [0, 0.05) is 24.8 Å². The number of amides is 1. The van der Waals surface area contributed by atoms with Crippen LogP contribution in [-0.4, -0.2) is 34.9 Å². The molecule has 6 nitrogen and oxygen atoms in total. The molecule has 1 aliphatic rings. The van der Waals surface area contributed by atoms with Crippen molar-refractivity contribution in [2.75, 3.05) is 18.5 Å². The maximum atomic E-state index is 11.8. The van der Waals surface area contributed by atoms with Crippen molar-refractivity contribution in [3.8, 4) is 0 Å². The quantitative estimate of drug-likeness (QED) is 0.900. The normalized spacial score (nSPS) is 16.5. The summed E-state index contributed by atoms with van der Waals surface area (Å²) >= 11 is 1.36. The second-order valence-electron chi connectivity index (χ2n) is 6.59. The van der Waals surface area contributed by atoms with Crippen molar-refractivity contribution in [3.05, 3.63) is 17.8 Å². The van der Waals surface area contributed by atoms with Gasteiger partial charge in [0.1, 0.15) is 15.9 Å². The van der Waals surface area contributed by atoms with Gasteiger partial charge in [-0.3, -0.25) is 5.32 Å². The highest BCUT2D eigenvalue weighted by molar-refractivity contribution is 7.21. The number of hydrogen-bond acceptors (Lipinski definition) is 6. The van der Waals surface area contributed by atoms with E-state index in [0.29, 0.717) is 11.0 Å². The van der Waals surface area contributed by atoms with Crippen LogP contribution >= 0.6 is 11.3 Å². The van der Waals surface area contributed by atoms with Gasteiger partial charge >= 0.3 is 6.09 Å². The minimum atomic E-state index is -0.533. The molecular formula is C16H21N3O3S. The maximum Gasteiger partial charge on any atom is 0.413 e. The molecule has 23 heavy (non-hydrogen) atoms. The Bertz CT molecular complexity index is 702. The van der Waals surface area contributed by atoms with Gasteiger partial charge in [-0.2, -0.15) is 0 Å². The van der Waals surface area contributed by atoms with Crippen molar-refractivity contribution in [1.29, 1.82) is 0 Å². The highest BCUT2D eigenvalue weighted by Gasteiger charge is 2.20. The molecule has 3 rings (SSSR count). The van der Waals surface area contributed by atoms with Crippen LogP contribution in [0.3, 0.4) is 0 Å². The number of thiazole rings is 1. The number of rotatable bonds is 2. The van der Waals surface area contributed by atoms with Crippen molar-refractivity contribution in [1.82, 2.24) is 9.97 Å². The van der Waals surface area contributed by atoms with E-state index in [2.05, 4.69) is 10.3 Å². The summed E-state index contributed by atoms with van der Waals surface area (Å²) in [7, 11) is 0. The average Bonchev–Trinajstić information content (AvgIpc) is 2.87. The number of anilines is 1. The summed E-state index contributed by atoms with van der Waals surface area (Å²) in [6, 6.07) is 3.99. The van der Waals surface area contributed by atoms with Crippen LogP contribution in [0.4, 0.5) is 9.93 Å². The summed E-state index contributed by atoms with van der Waals surface area (Å²) in [5.41, 5.74) is 1.33. The van der Waals surface area contributed by atoms with Gasteiger partial charge in [0.05, 0.1) is 0 Å². The van der Waals surface area contributed by atoms with Crippen LogP contribution in [0.1, 0.15) is 45.2 Å². The van der Waals surface area contributed by atoms with Crippen LogP contribution in [-0.2, 0) is 9.47 Å². The second-order valence-corrected chi connectivity index (χ2v) is 7.57. The summed E-state index contributed by atoms with van der Waals surface area (Å²) in [6.07, 6.45) is 1.50. The number of nitrogens with zero attached hydrogens (tertiary/aromatic N) is 2. The van der Waals surface area contributed by atoms with Crippen molar-refractivity contribution in [3.63, 3.8) is 0 Å². The van der Waals surface area contributed by atoms with E-state index in [1.807, 2.05) is 32.9 Å². The molecule has 3 heterocycles. The molecule has 124 valence electrons. The molecule has 0 unspecified atom stereocenters. The zero-order valence-corrected chi connectivity index (χ0v) is 14.4. The summed E-state index contributed by atoms with van der Waals surface area (Å²) in [5.74, 6) is 0.442. The fourth-order valence-corrected chi connectivity index (χ4v) is 3.33. The van der Waals surface area contributed by atoms with Gasteiger partial charge in [0.15, 0.2) is 5.13 Å². The van der Waals surface area contributed by atoms with Crippen LogP contribution in [0.15, 0.2) is 12.1 Å². The Balaban J connectivity index is 1.75. The Morgan fingerprint density at radius 1 is 1.30 bits per heavy atom. The van der Waals surface area contributed by atoms with Gasteiger partial charge in [0.25, 0.3) is 0 Å². The molecular weight excluding hydrogens is 314 g/mol. The summed E-state index contributed by atoms with van der Waals surface area (Å²) in [4.78, 5) is 21.7. The lowest BCUT2D eigenvalue weighted by Crippen LogP contribution is -2.27. The van der Waals surface area contributed by atoms with E-state index >= 15 is 0 Å². The van der Waals surface area contributed by atoms with Crippen LogP contribution in [0, 0.1) is 0 Å². The van der Waals surface area contributed by atoms with E-state index in [1.165, 1.54) is 11.3 Å². The first kappa shape index (κ1) is 16.1. The van der Waals surface area contributed by atoms with Crippen LogP contribution in [0.25, 0.3) is 10.3 Å². The Morgan fingerprint density at radius 2 is 2.04 bits per heavy atom. The molecule has 0 aromatic carbocycles. The van der Waals surface area contributed by atoms with Crippen molar-refractivity contribution >= 4 is 32.9 Å². The number of carbonyl (C=O) groups excluding carboxylic acids is 1. The predicted molar refractivity (Wildman–Crippen MR) is 90.1 cm³/mol. The predicted octanol–water partition coefficient (Wildman–Crippen LogP) is 3.93. The first-order chi connectivity index (χ1) is 10.9. The molecule has 0 atom stereocenters. The molecule has 0 radical (unpaired) electrons. The molecule has 0 bridgehead atoms. The maximum absolute atomic E-state index is 11.8. The lowest BCUT2D eigenvalue weighted by atomic mass is 9.96. The Hall–Kier alpha value is -1.73. The molecule has 1 saturated heterocycles. The Morgan fingerprint density at radius 3 is 2.74 bits per heavy atom. The van der Waals surface area contributed by atoms with Crippen LogP contribution in [0.2, 0.25) is 0 Å². The Labute approximate surface area is 139 Å². The lowest BCUT2D eigenvalue weighted by molar-refractivity contribution is 0.0636. The van der Waals surface area contributed by atoms with Gasteiger partial charge in [0.2, 0.25) is 0 Å². The number of aromatic nitrogens is 2. The fraction of sp³-hybridized carbons (Fsp3) is 0.562. The van der Waals surface area contributed by atoms with Gasteiger partial charge in [-0.25, -0.2) is 14.8 Å². The molecule has 2 aromatic heterocycles. The highest BCUT2D eigenvalue weighted by atomic mass is 32.1. The van der Waals surface area contributed by atoms with E-state index in [9.17, 15) is 4.79 Å². The highest BCUT2D eigenvalue weighted by Crippen LogP contribution is 2.30. The first-order valence-electron chi connectivity index (χ1n) is 7.76. The zero-order valence-electron chi connectivity index (χ0n) is 13.6. The molecule has 0 saturated carbocycles. The van der Waals surface area contributed by atoms with Crippen LogP contribution in [0.5, 0.6) is 0 Å². The average molecular weight is 335 g/mol. The number of carbonyl (C=O) groups is 1. The third kappa shape index (κ3) is 4.17. The van der Waals surface area contributed by atoms with Gasteiger partial charge in [-0.1, -0.05) is 11.3 Å². The van der Waals surface area contributed by atoms with E-state index in [4.69, 9.17) is 14.5 Å². The van der Waals surface area contributed by atoms with Gasteiger partial charge in [-0.15, -0.1) is 0 Å².